The molecule has 0 unspecified atom stereocenters. The molecule has 0 saturated carbocycles. The van der Waals surface area contributed by atoms with Gasteiger partial charge < -0.3 is 4.74 Å². The van der Waals surface area contributed by atoms with Crippen LogP contribution in [-0.4, -0.2) is 47.1 Å². The Morgan fingerprint density at radius 1 is 1.33 bits per heavy atom. The topological polar surface area (TPSA) is 88.2 Å². The number of aromatic amines is 1. The number of halogens is 1. The fraction of sp³-hybridized carbons (Fsp3) is 0.467. The van der Waals surface area contributed by atoms with Crippen LogP contribution < -0.4 is 4.74 Å². The van der Waals surface area contributed by atoms with Gasteiger partial charge in [0.25, 0.3) is 5.88 Å². The highest BCUT2D eigenvalue weighted by Gasteiger charge is 2.33. The second-order valence-corrected chi connectivity index (χ2v) is 7.65. The summed E-state index contributed by atoms with van der Waals surface area (Å²) in [5, 5.41) is 6.65. The molecule has 9 heteroatoms. The van der Waals surface area contributed by atoms with Crippen LogP contribution in [0.25, 0.3) is 0 Å². The van der Waals surface area contributed by atoms with Gasteiger partial charge in [-0.2, -0.15) is 9.40 Å². The summed E-state index contributed by atoms with van der Waals surface area (Å²) >= 11 is 0. The lowest BCUT2D eigenvalue weighted by molar-refractivity contribution is 0.124. The summed E-state index contributed by atoms with van der Waals surface area (Å²) in [6, 6.07) is 2.78. The van der Waals surface area contributed by atoms with E-state index < -0.39 is 15.8 Å². The molecule has 1 saturated heterocycles. The lowest BCUT2D eigenvalue weighted by atomic mass is 10.1. The molecule has 7 nitrogen and oxygen atoms in total. The van der Waals surface area contributed by atoms with E-state index >= 15 is 0 Å². The first-order chi connectivity index (χ1) is 11.4. The molecule has 0 atom stereocenters. The number of H-pyrrole nitrogens is 1. The molecular formula is C15H19FN4O3S. The van der Waals surface area contributed by atoms with Crippen molar-refractivity contribution in [3.63, 3.8) is 0 Å². The number of nitrogens with zero attached hydrogens (tertiary/aromatic N) is 3. The number of pyridine rings is 1. The number of rotatable bonds is 4. The number of hydrogen-bond donors (Lipinski definition) is 1. The molecule has 0 spiro atoms. The molecule has 0 bridgehead atoms. The van der Waals surface area contributed by atoms with Gasteiger partial charge in [0.2, 0.25) is 10.0 Å². The number of aryl methyl sites for hydroxylation is 2. The highest BCUT2D eigenvalue weighted by Crippen LogP contribution is 2.26. The van der Waals surface area contributed by atoms with Crippen molar-refractivity contribution in [2.75, 3.05) is 13.1 Å². The van der Waals surface area contributed by atoms with E-state index in [2.05, 4.69) is 15.2 Å². The third kappa shape index (κ3) is 3.13. The van der Waals surface area contributed by atoms with Gasteiger partial charge in [-0.15, -0.1) is 0 Å². The maximum Gasteiger partial charge on any atom is 0.250 e. The highest BCUT2D eigenvalue weighted by atomic mass is 32.2. The second-order valence-electron chi connectivity index (χ2n) is 5.77. The fourth-order valence-corrected chi connectivity index (χ4v) is 4.66. The summed E-state index contributed by atoms with van der Waals surface area (Å²) in [6.45, 7) is 3.97. The minimum Gasteiger partial charge on any atom is -0.472 e. The first-order valence-corrected chi connectivity index (χ1v) is 9.12. The molecule has 3 heterocycles. The molecule has 0 aliphatic carbocycles. The molecule has 1 N–H and O–H groups in total. The monoisotopic (exact) mass is 354 g/mol. The van der Waals surface area contributed by atoms with Gasteiger partial charge in [-0.25, -0.2) is 17.8 Å². The van der Waals surface area contributed by atoms with Crippen LogP contribution in [0.5, 0.6) is 5.88 Å². The molecule has 2 aromatic rings. The number of ether oxygens (including phenoxy) is 1. The van der Waals surface area contributed by atoms with Gasteiger partial charge in [-0.05, 0) is 38.8 Å². The molecule has 0 aromatic carbocycles. The molecule has 1 aliphatic heterocycles. The average Bonchev–Trinajstić information content (AvgIpc) is 2.89. The minimum absolute atomic E-state index is 0.0414. The van der Waals surface area contributed by atoms with Crippen molar-refractivity contribution in [2.45, 2.75) is 37.7 Å². The number of aromatic nitrogens is 3. The molecule has 0 radical (unpaired) electrons. The summed E-state index contributed by atoms with van der Waals surface area (Å²) in [6.07, 6.45) is 2.16. The van der Waals surface area contributed by atoms with E-state index in [-0.39, 0.29) is 16.9 Å². The quantitative estimate of drug-likeness (QED) is 0.904. The van der Waals surface area contributed by atoms with Gasteiger partial charge in [-0.3, -0.25) is 5.10 Å². The van der Waals surface area contributed by atoms with E-state index in [4.69, 9.17) is 4.74 Å². The lowest BCUT2D eigenvalue weighted by Gasteiger charge is -2.31. The van der Waals surface area contributed by atoms with Crippen molar-refractivity contribution in [3.8, 4) is 5.88 Å². The first kappa shape index (κ1) is 16.8. The Kier molecular flexibility index (Phi) is 4.55. The molecule has 130 valence electrons. The molecule has 2 aromatic heterocycles. The van der Waals surface area contributed by atoms with Crippen LogP contribution in [-0.2, 0) is 10.0 Å². The first-order valence-electron chi connectivity index (χ1n) is 7.68. The molecule has 3 rings (SSSR count). The lowest BCUT2D eigenvalue weighted by Crippen LogP contribution is -2.42. The van der Waals surface area contributed by atoms with E-state index in [1.54, 1.807) is 13.8 Å². The molecule has 1 aliphatic rings. The van der Waals surface area contributed by atoms with Gasteiger partial charge in [0, 0.05) is 19.3 Å². The Morgan fingerprint density at radius 3 is 2.62 bits per heavy atom. The Labute approximate surface area is 139 Å². The maximum atomic E-state index is 13.6. The standard InChI is InChI=1S/C15H19FN4O3S/c1-10-14(11(2)19-18-10)24(21,22)20-8-5-12(6-9-20)23-15-13(16)4-3-7-17-15/h3-4,7,12H,5-6,8-9H2,1-2H3,(H,18,19). The van der Waals surface area contributed by atoms with Crippen molar-refractivity contribution in [2.24, 2.45) is 0 Å². The van der Waals surface area contributed by atoms with Crippen molar-refractivity contribution < 1.29 is 17.5 Å². The predicted molar refractivity (Wildman–Crippen MR) is 84.7 cm³/mol. The maximum absolute atomic E-state index is 13.6. The third-order valence-corrected chi connectivity index (χ3v) is 6.22. The predicted octanol–water partition coefficient (Wildman–Crippen LogP) is 1.79. The van der Waals surface area contributed by atoms with E-state index in [0.717, 1.165) is 0 Å². The summed E-state index contributed by atoms with van der Waals surface area (Å²) in [7, 11) is -3.59. The number of sulfonamides is 1. The van der Waals surface area contributed by atoms with Gasteiger partial charge in [0.1, 0.15) is 11.0 Å². The van der Waals surface area contributed by atoms with Gasteiger partial charge in [0.05, 0.1) is 11.4 Å². The zero-order valence-electron chi connectivity index (χ0n) is 13.5. The Balaban J connectivity index is 1.68. The largest absolute Gasteiger partial charge is 0.472 e. The van der Waals surface area contributed by atoms with Gasteiger partial charge in [-0.1, -0.05) is 0 Å². The van der Waals surface area contributed by atoms with Gasteiger partial charge in [0.15, 0.2) is 5.82 Å². The second kappa shape index (κ2) is 6.48. The van der Waals surface area contributed by atoms with Crippen LogP contribution in [0.2, 0.25) is 0 Å². The Morgan fingerprint density at radius 2 is 2.04 bits per heavy atom. The average molecular weight is 354 g/mol. The normalized spacial score (nSPS) is 17.1. The van der Waals surface area contributed by atoms with Gasteiger partial charge >= 0.3 is 0 Å². The minimum atomic E-state index is -3.59. The van der Waals surface area contributed by atoms with Crippen LogP contribution in [0, 0.1) is 19.7 Å². The SMILES string of the molecule is Cc1n[nH]c(C)c1S(=O)(=O)N1CCC(Oc2ncccc2F)CC1. The Hall–Kier alpha value is -2.00. The van der Waals surface area contributed by atoms with Crippen molar-refractivity contribution in [3.05, 3.63) is 35.5 Å². The van der Waals surface area contributed by atoms with Crippen molar-refractivity contribution in [1.82, 2.24) is 19.5 Å². The number of nitrogens with one attached hydrogen (secondary N) is 1. The van der Waals surface area contributed by atoms with Crippen LogP contribution in [0.3, 0.4) is 0 Å². The van der Waals surface area contributed by atoms with Crippen LogP contribution >= 0.6 is 0 Å². The van der Waals surface area contributed by atoms with E-state index in [1.807, 2.05) is 0 Å². The zero-order chi connectivity index (χ0) is 17.3. The fourth-order valence-electron chi connectivity index (χ4n) is 2.86. The summed E-state index contributed by atoms with van der Waals surface area (Å²) in [4.78, 5) is 4.10. The van der Waals surface area contributed by atoms with Crippen molar-refractivity contribution >= 4 is 10.0 Å². The van der Waals surface area contributed by atoms with E-state index in [9.17, 15) is 12.8 Å². The van der Waals surface area contributed by atoms with Crippen LogP contribution in [0.1, 0.15) is 24.2 Å². The molecule has 24 heavy (non-hydrogen) atoms. The molecule has 0 amide bonds. The van der Waals surface area contributed by atoms with E-state index in [1.165, 1.54) is 22.6 Å². The zero-order valence-corrected chi connectivity index (χ0v) is 14.3. The highest BCUT2D eigenvalue weighted by molar-refractivity contribution is 7.89. The van der Waals surface area contributed by atoms with Crippen molar-refractivity contribution in [1.29, 1.82) is 0 Å². The van der Waals surface area contributed by atoms with Crippen LogP contribution in [0.4, 0.5) is 4.39 Å². The molecular weight excluding hydrogens is 335 g/mol. The third-order valence-electron chi connectivity index (χ3n) is 4.06. The van der Waals surface area contributed by atoms with Crippen LogP contribution in [0.15, 0.2) is 23.2 Å². The Bertz CT molecular complexity index is 809. The number of piperidine rings is 1. The molecule has 1 fully saturated rings. The summed E-state index contributed by atoms with van der Waals surface area (Å²) in [5.41, 5.74) is 0.989. The summed E-state index contributed by atoms with van der Waals surface area (Å²) in [5.74, 6) is -0.558. The number of hydrogen-bond acceptors (Lipinski definition) is 5. The van der Waals surface area contributed by atoms with E-state index in [0.29, 0.717) is 37.3 Å². The summed E-state index contributed by atoms with van der Waals surface area (Å²) < 4.78 is 46.1. The smallest absolute Gasteiger partial charge is 0.250 e.